The fraction of sp³-hybridized carbons (Fsp3) is 0.0526. The summed E-state index contributed by atoms with van der Waals surface area (Å²) >= 11 is 0. The first-order valence-corrected chi connectivity index (χ1v) is 20.4. The molecule has 0 saturated heterocycles. The van der Waals surface area contributed by atoms with Crippen molar-refractivity contribution < 1.29 is 4.42 Å². The monoisotopic (exact) mass is 755 g/mol. The van der Waals surface area contributed by atoms with Crippen LogP contribution in [0.1, 0.15) is 25.0 Å². The van der Waals surface area contributed by atoms with Crippen molar-refractivity contribution in [3.63, 3.8) is 0 Å². The third-order valence-electron chi connectivity index (χ3n) is 12.3. The topological polar surface area (TPSA) is 16.4 Å². The quantitative estimate of drug-likeness (QED) is 0.161. The molecule has 1 heterocycles. The van der Waals surface area contributed by atoms with Gasteiger partial charge in [0, 0.05) is 33.2 Å². The summed E-state index contributed by atoms with van der Waals surface area (Å²) in [6.45, 7) is 4.75. The lowest BCUT2D eigenvalue weighted by Gasteiger charge is -2.26. The van der Waals surface area contributed by atoms with Crippen LogP contribution in [0.3, 0.4) is 0 Å². The highest BCUT2D eigenvalue weighted by atomic mass is 16.3. The number of fused-ring (bicyclic) bond motifs is 6. The Morgan fingerprint density at radius 3 is 1.69 bits per heavy atom. The minimum Gasteiger partial charge on any atom is -0.456 e. The van der Waals surface area contributed by atoms with E-state index in [9.17, 15) is 0 Å². The van der Waals surface area contributed by atoms with Crippen molar-refractivity contribution in [3.8, 4) is 55.6 Å². The van der Waals surface area contributed by atoms with Crippen molar-refractivity contribution in [2.45, 2.75) is 19.3 Å². The van der Waals surface area contributed by atoms with Gasteiger partial charge in [-0.1, -0.05) is 159 Å². The molecule has 280 valence electrons. The number of hydrogen-bond donors (Lipinski definition) is 0. The molecule has 59 heavy (non-hydrogen) atoms. The van der Waals surface area contributed by atoms with Crippen molar-refractivity contribution in [1.29, 1.82) is 0 Å². The molecule has 0 unspecified atom stereocenters. The minimum absolute atomic E-state index is 0.161. The maximum absolute atomic E-state index is 6.23. The van der Waals surface area contributed by atoms with E-state index in [4.69, 9.17) is 4.42 Å². The van der Waals surface area contributed by atoms with Crippen LogP contribution in [-0.2, 0) is 5.41 Å². The van der Waals surface area contributed by atoms with Crippen LogP contribution in [0.4, 0.5) is 17.1 Å². The van der Waals surface area contributed by atoms with Crippen LogP contribution in [-0.4, -0.2) is 0 Å². The number of benzene rings is 9. The first-order valence-electron chi connectivity index (χ1n) is 20.4. The second kappa shape index (κ2) is 13.9. The summed E-state index contributed by atoms with van der Waals surface area (Å²) < 4.78 is 6.23. The first kappa shape index (κ1) is 34.8. The van der Waals surface area contributed by atoms with Gasteiger partial charge in [0.25, 0.3) is 0 Å². The largest absolute Gasteiger partial charge is 0.456 e. The van der Waals surface area contributed by atoms with Gasteiger partial charge in [0.15, 0.2) is 0 Å². The predicted octanol–water partition coefficient (Wildman–Crippen LogP) is 16.0. The zero-order valence-electron chi connectivity index (χ0n) is 33.1. The molecular formula is C57H41NO. The lowest BCUT2D eigenvalue weighted by atomic mass is 9.80. The molecule has 9 aromatic carbocycles. The van der Waals surface area contributed by atoms with E-state index >= 15 is 0 Å². The third-order valence-corrected chi connectivity index (χ3v) is 12.3. The van der Waals surface area contributed by atoms with Crippen molar-refractivity contribution in [1.82, 2.24) is 0 Å². The van der Waals surface area contributed by atoms with Crippen LogP contribution in [0.15, 0.2) is 217 Å². The van der Waals surface area contributed by atoms with Gasteiger partial charge < -0.3 is 9.32 Å². The van der Waals surface area contributed by atoms with Crippen molar-refractivity contribution in [2.75, 3.05) is 4.90 Å². The molecule has 0 spiro atoms. The highest BCUT2D eigenvalue weighted by Gasteiger charge is 2.38. The van der Waals surface area contributed by atoms with Gasteiger partial charge in [0.1, 0.15) is 11.2 Å². The number of para-hydroxylation sites is 2. The van der Waals surface area contributed by atoms with Crippen LogP contribution in [0.2, 0.25) is 0 Å². The van der Waals surface area contributed by atoms with E-state index in [1.54, 1.807) is 0 Å². The Bertz CT molecular complexity index is 3160. The van der Waals surface area contributed by atoms with Gasteiger partial charge in [-0.15, -0.1) is 0 Å². The molecule has 1 aliphatic rings. The Morgan fingerprint density at radius 1 is 0.356 bits per heavy atom. The number of rotatable bonds is 7. The maximum Gasteiger partial charge on any atom is 0.136 e. The molecule has 0 radical (unpaired) electrons. The first-order chi connectivity index (χ1) is 29.0. The van der Waals surface area contributed by atoms with Gasteiger partial charge in [-0.3, -0.25) is 0 Å². The van der Waals surface area contributed by atoms with Crippen LogP contribution in [0.5, 0.6) is 0 Å². The zero-order chi connectivity index (χ0) is 39.5. The van der Waals surface area contributed by atoms with Gasteiger partial charge in [0.2, 0.25) is 0 Å². The minimum atomic E-state index is -0.161. The number of anilines is 3. The zero-order valence-corrected chi connectivity index (χ0v) is 33.1. The van der Waals surface area contributed by atoms with E-state index < -0.39 is 0 Å². The van der Waals surface area contributed by atoms with Gasteiger partial charge in [-0.2, -0.15) is 0 Å². The Balaban J connectivity index is 1.01. The highest BCUT2D eigenvalue weighted by Crippen LogP contribution is 2.54. The Hall–Kier alpha value is -7.42. The fourth-order valence-electron chi connectivity index (χ4n) is 9.34. The van der Waals surface area contributed by atoms with E-state index in [-0.39, 0.29) is 5.41 Å². The average Bonchev–Trinajstić information content (AvgIpc) is 3.79. The molecule has 1 aromatic heterocycles. The van der Waals surface area contributed by atoms with Crippen LogP contribution in [0.25, 0.3) is 77.6 Å². The van der Waals surface area contributed by atoms with Crippen LogP contribution < -0.4 is 4.90 Å². The van der Waals surface area contributed by atoms with E-state index in [2.05, 4.69) is 219 Å². The predicted molar refractivity (Wildman–Crippen MR) is 248 cm³/mol. The van der Waals surface area contributed by atoms with Crippen molar-refractivity contribution in [3.05, 3.63) is 223 Å². The highest BCUT2D eigenvalue weighted by molar-refractivity contribution is 6.12. The smallest absolute Gasteiger partial charge is 0.136 e. The summed E-state index contributed by atoms with van der Waals surface area (Å²) in [5, 5.41) is 2.29. The van der Waals surface area contributed by atoms with Crippen molar-refractivity contribution in [2.24, 2.45) is 0 Å². The summed E-state index contributed by atoms with van der Waals surface area (Å²) in [5.74, 6) is 0. The average molecular weight is 756 g/mol. The molecule has 0 saturated carbocycles. The van der Waals surface area contributed by atoms with Crippen molar-refractivity contribution >= 4 is 39.0 Å². The van der Waals surface area contributed by atoms with E-state index in [1.807, 2.05) is 12.1 Å². The summed E-state index contributed by atoms with van der Waals surface area (Å²) in [6.07, 6.45) is 0. The van der Waals surface area contributed by atoms with E-state index in [0.717, 1.165) is 44.6 Å². The van der Waals surface area contributed by atoms with E-state index in [0.29, 0.717) is 0 Å². The second-order valence-electron chi connectivity index (χ2n) is 16.1. The summed E-state index contributed by atoms with van der Waals surface area (Å²) in [5.41, 5.74) is 20.0. The summed E-state index contributed by atoms with van der Waals surface area (Å²) in [6, 6.07) is 76.8. The fourth-order valence-corrected chi connectivity index (χ4v) is 9.34. The number of furan rings is 1. The standard InChI is InChI=1S/C57H41NO/c1-57(2)51-33-30-42(35-50(51)55-49(39-18-8-4-9-19-39)36-43(37-52(55)57)38-16-6-3-7-17-38)41-20-14-23-46(34-41)58(44-21-10-5-11-22-44)45-31-28-40(29-32-45)47-25-15-27-54-56(47)48-24-12-13-26-53(48)59-54/h3-37H,1-2H3. The Kier molecular flexibility index (Phi) is 8.20. The SMILES string of the molecule is CC1(C)c2ccc(-c3cccc(N(c4ccccc4)c4ccc(-c5cccc6oc7ccccc7c56)cc4)c3)cc2-c2c(-c3ccccc3)cc(-c3ccccc3)cc21. The molecule has 0 N–H and O–H groups in total. The van der Waals surface area contributed by atoms with E-state index in [1.165, 1.54) is 61.2 Å². The maximum atomic E-state index is 6.23. The molecule has 0 bridgehead atoms. The molecule has 2 heteroatoms. The molecule has 0 aliphatic heterocycles. The van der Waals surface area contributed by atoms with Crippen LogP contribution in [0, 0.1) is 0 Å². The molecule has 0 amide bonds. The molecular weight excluding hydrogens is 715 g/mol. The summed E-state index contributed by atoms with van der Waals surface area (Å²) in [7, 11) is 0. The normalized spacial score (nSPS) is 12.7. The lowest BCUT2D eigenvalue weighted by Crippen LogP contribution is -2.15. The van der Waals surface area contributed by atoms with Crippen LogP contribution >= 0.6 is 0 Å². The third kappa shape index (κ3) is 5.87. The number of nitrogens with zero attached hydrogens (tertiary/aromatic N) is 1. The van der Waals surface area contributed by atoms with Gasteiger partial charge in [-0.05, 0) is 133 Å². The Labute approximate surface area is 345 Å². The molecule has 10 aromatic rings. The number of hydrogen-bond acceptors (Lipinski definition) is 2. The van der Waals surface area contributed by atoms with Gasteiger partial charge in [-0.25, -0.2) is 0 Å². The molecule has 1 aliphatic carbocycles. The Morgan fingerprint density at radius 2 is 0.915 bits per heavy atom. The molecule has 0 fully saturated rings. The summed E-state index contributed by atoms with van der Waals surface area (Å²) in [4.78, 5) is 2.35. The van der Waals surface area contributed by atoms with Gasteiger partial charge >= 0.3 is 0 Å². The second-order valence-corrected chi connectivity index (χ2v) is 16.1. The lowest BCUT2D eigenvalue weighted by molar-refractivity contribution is 0.661. The van der Waals surface area contributed by atoms with Gasteiger partial charge in [0.05, 0.1) is 0 Å². The molecule has 2 nitrogen and oxygen atoms in total. The molecule has 11 rings (SSSR count). The molecule has 0 atom stereocenters.